The quantitative estimate of drug-likeness (QED) is 0.820. The van der Waals surface area contributed by atoms with Gasteiger partial charge in [0.2, 0.25) is 0 Å². The van der Waals surface area contributed by atoms with Crippen molar-refractivity contribution in [2.75, 3.05) is 13.1 Å². The molecule has 4 rings (SSSR count). The molecule has 2 aliphatic carbocycles. The number of hydrogen-bond acceptors (Lipinski definition) is 2. The molecule has 2 saturated carbocycles. The Hall–Kier alpha value is -1.32. The van der Waals surface area contributed by atoms with Crippen LogP contribution >= 0.6 is 0 Å². The van der Waals surface area contributed by atoms with Crippen molar-refractivity contribution in [3.8, 4) is 0 Å². The van der Waals surface area contributed by atoms with Gasteiger partial charge in [0.25, 0.3) is 5.91 Å². The van der Waals surface area contributed by atoms with E-state index in [-0.39, 0.29) is 5.91 Å². The Kier molecular flexibility index (Phi) is 2.11. The average Bonchev–Trinajstić information content (AvgIpc) is 3.09. The van der Waals surface area contributed by atoms with Crippen LogP contribution in [0.4, 0.5) is 0 Å². The number of fused-ring (bicyclic) bond motifs is 5. The molecule has 96 valence electrons. The summed E-state index contributed by atoms with van der Waals surface area (Å²) in [5.74, 6) is 4.35. The smallest absolute Gasteiger partial charge is 0.271 e. The first-order chi connectivity index (χ1) is 8.72. The van der Waals surface area contributed by atoms with Crippen LogP contribution < -0.4 is 0 Å². The summed E-state index contributed by atoms with van der Waals surface area (Å²) in [6, 6.07) is 0. The van der Waals surface area contributed by atoms with Crippen molar-refractivity contribution in [2.24, 2.45) is 23.7 Å². The minimum absolute atomic E-state index is 0.143. The Morgan fingerprint density at radius 3 is 2.56 bits per heavy atom. The summed E-state index contributed by atoms with van der Waals surface area (Å²) in [6.45, 7) is 3.83. The Labute approximate surface area is 107 Å². The van der Waals surface area contributed by atoms with E-state index in [1.54, 1.807) is 6.20 Å². The molecular weight excluding hydrogens is 226 g/mol. The number of amides is 1. The fraction of sp³-hybridized carbons (Fsp3) is 0.714. The molecule has 1 amide bonds. The van der Waals surface area contributed by atoms with Crippen molar-refractivity contribution in [3.63, 3.8) is 0 Å². The van der Waals surface area contributed by atoms with Crippen molar-refractivity contribution in [1.82, 2.24) is 14.9 Å². The molecule has 4 heteroatoms. The van der Waals surface area contributed by atoms with E-state index >= 15 is 0 Å². The van der Waals surface area contributed by atoms with Gasteiger partial charge in [-0.2, -0.15) is 0 Å². The third kappa shape index (κ3) is 1.38. The first kappa shape index (κ1) is 10.6. The summed E-state index contributed by atoms with van der Waals surface area (Å²) < 4.78 is 0. The molecule has 4 nitrogen and oxygen atoms in total. The van der Waals surface area contributed by atoms with E-state index in [1.165, 1.54) is 19.3 Å². The van der Waals surface area contributed by atoms with E-state index in [0.29, 0.717) is 5.69 Å². The number of nitrogens with one attached hydrogen (secondary N) is 1. The standard InChI is InChI=1S/C14H19N3O/c1-8-15-5-13(16-8)14(18)17-6-11-9-2-3-10(4-9)12(11)7-17/h5,9-12H,2-4,6-7H2,1H3,(H,15,16)/t9-,10+,11-,12+. The van der Waals surface area contributed by atoms with E-state index in [9.17, 15) is 4.79 Å². The third-order valence-electron chi connectivity index (χ3n) is 5.36. The summed E-state index contributed by atoms with van der Waals surface area (Å²) in [5.41, 5.74) is 0.653. The summed E-state index contributed by atoms with van der Waals surface area (Å²) in [4.78, 5) is 21.6. The van der Waals surface area contributed by atoms with Crippen LogP contribution in [0.25, 0.3) is 0 Å². The Morgan fingerprint density at radius 1 is 1.33 bits per heavy atom. The summed E-state index contributed by atoms with van der Waals surface area (Å²) >= 11 is 0. The van der Waals surface area contributed by atoms with Gasteiger partial charge in [0, 0.05) is 13.1 Å². The monoisotopic (exact) mass is 245 g/mol. The first-order valence-electron chi connectivity index (χ1n) is 7.03. The lowest BCUT2D eigenvalue weighted by Gasteiger charge is -2.22. The Bertz CT molecular complexity index is 477. The fourth-order valence-corrected chi connectivity index (χ4v) is 4.55. The molecule has 1 aromatic heterocycles. The molecule has 1 aliphatic heterocycles. The molecular formula is C14H19N3O. The number of carbonyl (C=O) groups excluding carboxylic acids is 1. The molecule has 0 aromatic carbocycles. The third-order valence-corrected chi connectivity index (χ3v) is 5.36. The van der Waals surface area contributed by atoms with Crippen LogP contribution in [0.15, 0.2) is 6.20 Å². The van der Waals surface area contributed by atoms with Crippen LogP contribution in [-0.4, -0.2) is 33.9 Å². The molecule has 1 saturated heterocycles. The molecule has 1 aromatic rings. The Morgan fingerprint density at radius 2 is 2.00 bits per heavy atom. The summed E-state index contributed by atoms with van der Waals surface area (Å²) in [5, 5.41) is 0. The van der Waals surface area contributed by atoms with E-state index in [2.05, 4.69) is 9.97 Å². The van der Waals surface area contributed by atoms with Gasteiger partial charge in [0.05, 0.1) is 6.20 Å². The van der Waals surface area contributed by atoms with Gasteiger partial charge in [-0.3, -0.25) is 4.79 Å². The second-order valence-corrected chi connectivity index (χ2v) is 6.25. The van der Waals surface area contributed by atoms with Crippen LogP contribution in [0.1, 0.15) is 35.6 Å². The van der Waals surface area contributed by atoms with Gasteiger partial charge in [-0.1, -0.05) is 0 Å². The molecule has 2 heterocycles. The second-order valence-electron chi connectivity index (χ2n) is 6.25. The molecule has 2 bridgehead atoms. The molecule has 18 heavy (non-hydrogen) atoms. The predicted molar refractivity (Wildman–Crippen MR) is 67.0 cm³/mol. The first-order valence-corrected chi connectivity index (χ1v) is 7.03. The van der Waals surface area contributed by atoms with E-state index < -0.39 is 0 Å². The van der Waals surface area contributed by atoms with Gasteiger partial charge in [-0.15, -0.1) is 0 Å². The van der Waals surface area contributed by atoms with Crippen LogP contribution in [0.2, 0.25) is 0 Å². The highest BCUT2D eigenvalue weighted by Crippen LogP contribution is 2.55. The normalized spacial score (nSPS) is 37.3. The van der Waals surface area contributed by atoms with Crippen molar-refractivity contribution >= 4 is 5.91 Å². The van der Waals surface area contributed by atoms with E-state index in [0.717, 1.165) is 42.6 Å². The lowest BCUT2D eigenvalue weighted by atomic mass is 9.82. The highest BCUT2D eigenvalue weighted by Gasteiger charge is 2.52. The maximum absolute atomic E-state index is 12.4. The van der Waals surface area contributed by atoms with Gasteiger partial charge in [-0.05, 0) is 49.9 Å². The van der Waals surface area contributed by atoms with Crippen molar-refractivity contribution in [3.05, 3.63) is 17.7 Å². The van der Waals surface area contributed by atoms with Crippen LogP contribution in [0.3, 0.4) is 0 Å². The highest BCUT2D eigenvalue weighted by atomic mass is 16.2. The predicted octanol–water partition coefficient (Wildman–Crippen LogP) is 1.84. The van der Waals surface area contributed by atoms with Crippen LogP contribution in [0, 0.1) is 30.6 Å². The van der Waals surface area contributed by atoms with Crippen molar-refractivity contribution < 1.29 is 4.79 Å². The minimum Gasteiger partial charge on any atom is -0.338 e. The number of aromatic amines is 1. The molecule has 0 radical (unpaired) electrons. The van der Waals surface area contributed by atoms with E-state index in [1.807, 2.05) is 11.8 Å². The second kappa shape index (κ2) is 3.59. The molecule has 0 spiro atoms. The number of H-pyrrole nitrogens is 1. The molecule has 1 N–H and O–H groups in total. The molecule has 3 aliphatic rings. The van der Waals surface area contributed by atoms with Crippen molar-refractivity contribution in [1.29, 1.82) is 0 Å². The van der Waals surface area contributed by atoms with Crippen LogP contribution in [0.5, 0.6) is 0 Å². The number of imidazole rings is 1. The number of nitrogens with zero attached hydrogens (tertiary/aromatic N) is 2. The zero-order valence-corrected chi connectivity index (χ0v) is 10.7. The fourth-order valence-electron chi connectivity index (χ4n) is 4.55. The molecule has 4 atom stereocenters. The lowest BCUT2D eigenvalue weighted by Crippen LogP contribution is -2.30. The van der Waals surface area contributed by atoms with Gasteiger partial charge < -0.3 is 9.88 Å². The maximum atomic E-state index is 12.4. The van der Waals surface area contributed by atoms with E-state index in [4.69, 9.17) is 0 Å². The molecule has 3 fully saturated rings. The minimum atomic E-state index is 0.143. The van der Waals surface area contributed by atoms with Crippen LogP contribution in [-0.2, 0) is 0 Å². The molecule has 0 unspecified atom stereocenters. The highest BCUT2D eigenvalue weighted by molar-refractivity contribution is 5.92. The summed E-state index contributed by atoms with van der Waals surface area (Å²) in [6.07, 6.45) is 5.90. The lowest BCUT2D eigenvalue weighted by molar-refractivity contribution is 0.0771. The van der Waals surface area contributed by atoms with Crippen molar-refractivity contribution in [2.45, 2.75) is 26.2 Å². The number of likely N-dealkylation sites (tertiary alicyclic amines) is 1. The number of rotatable bonds is 1. The largest absolute Gasteiger partial charge is 0.338 e. The summed E-state index contributed by atoms with van der Waals surface area (Å²) in [7, 11) is 0. The topological polar surface area (TPSA) is 49.0 Å². The number of aromatic nitrogens is 2. The number of carbonyl (C=O) groups is 1. The van der Waals surface area contributed by atoms with Gasteiger partial charge in [0.15, 0.2) is 0 Å². The van der Waals surface area contributed by atoms with Gasteiger partial charge >= 0.3 is 0 Å². The number of aryl methyl sites for hydroxylation is 1. The Balaban J connectivity index is 1.53. The number of hydrogen-bond donors (Lipinski definition) is 1. The maximum Gasteiger partial charge on any atom is 0.271 e. The SMILES string of the molecule is Cc1ncc(C(=O)N2C[C@@H]3[C@@H]4CC[C@@H](C4)[C@@H]3C2)[nH]1. The zero-order chi connectivity index (χ0) is 12.3. The van der Waals surface area contributed by atoms with Gasteiger partial charge in [0.1, 0.15) is 11.5 Å². The van der Waals surface area contributed by atoms with Gasteiger partial charge in [-0.25, -0.2) is 4.98 Å². The average molecular weight is 245 g/mol. The zero-order valence-electron chi connectivity index (χ0n) is 10.7.